The number of para-hydroxylation sites is 1. The highest BCUT2D eigenvalue weighted by Crippen LogP contribution is 2.41. The number of hydrogen-bond donors (Lipinski definition) is 1. The molecule has 2 rings (SSSR count). The zero-order chi connectivity index (χ0) is 12.8. The minimum atomic E-state index is 0.522. The molecule has 18 heavy (non-hydrogen) atoms. The lowest BCUT2D eigenvalue weighted by molar-refractivity contribution is 0.241. The fourth-order valence-electron chi connectivity index (χ4n) is 3.00. The summed E-state index contributed by atoms with van der Waals surface area (Å²) >= 11 is 0. The third-order valence-electron chi connectivity index (χ3n) is 4.18. The van der Waals surface area contributed by atoms with Crippen LogP contribution in [0.1, 0.15) is 39.0 Å². The molecule has 1 aromatic carbocycles. The van der Waals surface area contributed by atoms with Gasteiger partial charge in [-0.05, 0) is 56.7 Å². The SMILES string of the molecule is CNC1CCC(C)(CCCOc2ccccc2)C1. The van der Waals surface area contributed by atoms with Gasteiger partial charge in [-0.2, -0.15) is 0 Å². The molecule has 1 N–H and O–H groups in total. The van der Waals surface area contributed by atoms with Gasteiger partial charge in [0.25, 0.3) is 0 Å². The van der Waals surface area contributed by atoms with Crippen molar-refractivity contribution in [1.29, 1.82) is 0 Å². The van der Waals surface area contributed by atoms with Crippen LogP contribution in [0.4, 0.5) is 0 Å². The number of ether oxygens (including phenoxy) is 1. The van der Waals surface area contributed by atoms with Gasteiger partial charge >= 0.3 is 0 Å². The van der Waals surface area contributed by atoms with E-state index in [-0.39, 0.29) is 0 Å². The molecule has 100 valence electrons. The third kappa shape index (κ3) is 3.74. The maximum atomic E-state index is 5.75. The summed E-state index contributed by atoms with van der Waals surface area (Å²) in [5.74, 6) is 0.988. The Kier molecular flexibility index (Phi) is 4.65. The highest BCUT2D eigenvalue weighted by Gasteiger charge is 2.33. The summed E-state index contributed by atoms with van der Waals surface area (Å²) in [5, 5.41) is 3.40. The van der Waals surface area contributed by atoms with Crippen molar-refractivity contribution in [1.82, 2.24) is 5.32 Å². The summed E-state index contributed by atoms with van der Waals surface area (Å²) in [6.45, 7) is 3.26. The number of benzene rings is 1. The summed E-state index contributed by atoms with van der Waals surface area (Å²) in [7, 11) is 2.08. The van der Waals surface area contributed by atoms with E-state index < -0.39 is 0 Å². The normalized spacial score (nSPS) is 27.3. The van der Waals surface area contributed by atoms with Crippen molar-refractivity contribution in [3.8, 4) is 5.75 Å². The van der Waals surface area contributed by atoms with E-state index in [1.807, 2.05) is 30.3 Å². The Morgan fingerprint density at radius 3 is 2.78 bits per heavy atom. The van der Waals surface area contributed by atoms with Crippen molar-refractivity contribution < 1.29 is 4.74 Å². The molecule has 0 saturated heterocycles. The van der Waals surface area contributed by atoms with Crippen LogP contribution in [0, 0.1) is 5.41 Å². The van der Waals surface area contributed by atoms with E-state index in [1.165, 1.54) is 25.7 Å². The minimum absolute atomic E-state index is 0.522. The number of rotatable bonds is 6. The standard InChI is InChI=1S/C16H25NO/c1-16(11-9-14(13-16)17-2)10-6-12-18-15-7-4-3-5-8-15/h3-5,7-8,14,17H,6,9-13H2,1-2H3. The molecule has 0 aliphatic heterocycles. The highest BCUT2D eigenvalue weighted by molar-refractivity contribution is 5.20. The zero-order valence-electron chi connectivity index (χ0n) is 11.6. The van der Waals surface area contributed by atoms with E-state index >= 15 is 0 Å². The van der Waals surface area contributed by atoms with E-state index in [9.17, 15) is 0 Å². The van der Waals surface area contributed by atoms with E-state index in [1.54, 1.807) is 0 Å². The van der Waals surface area contributed by atoms with E-state index in [4.69, 9.17) is 4.74 Å². The second-order valence-electron chi connectivity index (χ2n) is 5.80. The molecule has 2 atom stereocenters. The van der Waals surface area contributed by atoms with Crippen molar-refractivity contribution in [3.05, 3.63) is 30.3 Å². The average molecular weight is 247 g/mol. The van der Waals surface area contributed by atoms with Crippen LogP contribution >= 0.6 is 0 Å². The van der Waals surface area contributed by atoms with Crippen LogP contribution in [0.15, 0.2) is 30.3 Å². The second-order valence-corrected chi connectivity index (χ2v) is 5.80. The second kappa shape index (κ2) is 6.24. The Bertz CT molecular complexity index is 351. The van der Waals surface area contributed by atoms with Gasteiger partial charge in [0.1, 0.15) is 5.75 Å². The molecule has 0 heterocycles. The molecule has 2 nitrogen and oxygen atoms in total. The molecule has 0 radical (unpaired) electrons. The fourth-order valence-corrected chi connectivity index (χ4v) is 3.00. The maximum Gasteiger partial charge on any atom is 0.119 e. The van der Waals surface area contributed by atoms with Gasteiger partial charge in [0.05, 0.1) is 6.61 Å². The van der Waals surface area contributed by atoms with Gasteiger partial charge in [0, 0.05) is 6.04 Å². The van der Waals surface area contributed by atoms with E-state index in [0.717, 1.165) is 24.8 Å². The summed E-state index contributed by atoms with van der Waals surface area (Å²) in [4.78, 5) is 0. The van der Waals surface area contributed by atoms with Gasteiger partial charge in [-0.15, -0.1) is 0 Å². The average Bonchev–Trinajstić information content (AvgIpc) is 2.78. The Labute approximate surface area is 111 Å². The first-order valence-corrected chi connectivity index (χ1v) is 7.07. The van der Waals surface area contributed by atoms with Gasteiger partial charge < -0.3 is 10.1 Å². The zero-order valence-corrected chi connectivity index (χ0v) is 11.6. The van der Waals surface area contributed by atoms with Gasteiger partial charge in [0.15, 0.2) is 0 Å². The largest absolute Gasteiger partial charge is 0.494 e. The summed E-state index contributed by atoms with van der Waals surface area (Å²) in [6.07, 6.45) is 6.42. The molecule has 2 unspecified atom stereocenters. The first-order chi connectivity index (χ1) is 8.72. The smallest absolute Gasteiger partial charge is 0.119 e. The lowest BCUT2D eigenvalue weighted by Gasteiger charge is -2.24. The van der Waals surface area contributed by atoms with Gasteiger partial charge in [-0.1, -0.05) is 25.1 Å². The molecular weight excluding hydrogens is 222 g/mol. The predicted molar refractivity (Wildman–Crippen MR) is 76.0 cm³/mol. The Morgan fingerprint density at radius 2 is 2.11 bits per heavy atom. The predicted octanol–water partition coefficient (Wildman–Crippen LogP) is 3.62. The van der Waals surface area contributed by atoms with Crippen molar-refractivity contribution >= 4 is 0 Å². The fraction of sp³-hybridized carbons (Fsp3) is 0.625. The van der Waals surface area contributed by atoms with Crippen LogP contribution in [0.5, 0.6) is 5.75 Å². The van der Waals surface area contributed by atoms with Crippen molar-refractivity contribution in [2.45, 2.75) is 45.1 Å². The van der Waals surface area contributed by atoms with Crippen LogP contribution in [0.3, 0.4) is 0 Å². The van der Waals surface area contributed by atoms with Crippen molar-refractivity contribution in [2.75, 3.05) is 13.7 Å². The minimum Gasteiger partial charge on any atom is -0.494 e. The van der Waals surface area contributed by atoms with E-state index in [0.29, 0.717) is 5.41 Å². The number of nitrogens with one attached hydrogen (secondary N) is 1. The van der Waals surface area contributed by atoms with Crippen LogP contribution in [-0.2, 0) is 0 Å². The van der Waals surface area contributed by atoms with Gasteiger partial charge in [-0.3, -0.25) is 0 Å². The van der Waals surface area contributed by atoms with Crippen LogP contribution in [0.25, 0.3) is 0 Å². The van der Waals surface area contributed by atoms with Crippen LogP contribution in [-0.4, -0.2) is 19.7 Å². The Morgan fingerprint density at radius 1 is 1.33 bits per heavy atom. The Balaban J connectivity index is 1.67. The summed E-state index contributed by atoms with van der Waals surface area (Å²) in [5.41, 5.74) is 0.522. The number of hydrogen-bond acceptors (Lipinski definition) is 2. The summed E-state index contributed by atoms with van der Waals surface area (Å²) < 4.78 is 5.75. The van der Waals surface area contributed by atoms with Crippen molar-refractivity contribution in [2.24, 2.45) is 5.41 Å². The lowest BCUT2D eigenvalue weighted by Crippen LogP contribution is -2.23. The molecule has 1 aromatic rings. The van der Waals surface area contributed by atoms with Crippen LogP contribution in [0.2, 0.25) is 0 Å². The van der Waals surface area contributed by atoms with Gasteiger partial charge in [0.2, 0.25) is 0 Å². The lowest BCUT2D eigenvalue weighted by atomic mass is 9.84. The molecule has 1 saturated carbocycles. The van der Waals surface area contributed by atoms with E-state index in [2.05, 4.69) is 19.3 Å². The molecule has 0 amide bonds. The molecule has 1 fully saturated rings. The molecule has 0 aromatic heterocycles. The molecule has 1 aliphatic rings. The molecule has 0 bridgehead atoms. The molecule has 1 aliphatic carbocycles. The monoisotopic (exact) mass is 247 g/mol. The quantitative estimate of drug-likeness (QED) is 0.775. The Hall–Kier alpha value is -1.02. The first-order valence-electron chi connectivity index (χ1n) is 7.07. The van der Waals surface area contributed by atoms with Gasteiger partial charge in [-0.25, -0.2) is 0 Å². The molecule has 0 spiro atoms. The third-order valence-corrected chi connectivity index (χ3v) is 4.18. The molecular formula is C16H25NO. The topological polar surface area (TPSA) is 21.3 Å². The molecule has 2 heteroatoms. The maximum absolute atomic E-state index is 5.75. The summed E-state index contributed by atoms with van der Waals surface area (Å²) in [6, 6.07) is 10.8. The van der Waals surface area contributed by atoms with Crippen molar-refractivity contribution in [3.63, 3.8) is 0 Å². The first kappa shape index (κ1) is 13.4. The van der Waals surface area contributed by atoms with Crippen LogP contribution < -0.4 is 10.1 Å². The highest BCUT2D eigenvalue weighted by atomic mass is 16.5.